The predicted molar refractivity (Wildman–Crippen MR) is 133 cm³/mol. The fourth-order valence-electron chi connectivity index (χ4n) is 4.19. The van der Waals surface area contributed by atoms with Crippen molar-refractivity contribution in [3.63, 3.8) is 0 Å². The molecule has 1 aliphatic heterocycles. The molecule has 34 heavy (non-hydrogen) atoms. The number of nitrogens with one attached hydrogen (secondary N) is 1. The normalized spacial score (nSPS) is 16.0. The maximum Gasteiger partial charge on any atom is 0.246 e. The van der Waals surface area contributed by atoms with Crippen molar-refractivity contribution in [1.29, 1.82) is 0 Å². The van der Waals surface area contributed by atoms with Crippen molar-refractivity contribution >= 4 is 21.6 Å². The van der Waals surface area contributed by atoms with Crippen LogP contribution in [0.4, 0.5) is 5.69 Å². The number of piperazine rings is 1. The zero-order valence-corrected chi connectivity index (χ0v) is 19.9. The molecule has 0 aromatic heterocycles. The first kappa shape index (κ1) is 23.9. The summed E-state index contributed by atoms with van der Waals surface area (Å²) in [5.74, 6) is 0.470. The minimum atomic E-state index is -3.43. The topological polar surface area (TPSA) is 79.0 Å². The SMILES string of the molecule is COc1cccc(NC(=O)C(c2ccccc2)N2CCN(S(=O)(=O)Cc3ccccc3)CC2)c1. The monoisotopic (exact) mass is 479 g/mol. The van der Waals surface area contributed by atoms with Gasteiger partial charge in [-0.15, -0.1) is 0 Å². The number of nitrogens with zero attached hydrogens (tertiary/aromatic N) is 2. The molecular weight excluding hydrogens is 450 g/mol. The highest BCUT2D eigenvalue weighted by atomic mass is 32.2. The Morgan fingerprint density at radius 2 is 1.56 bits per heavy atom. The highest BCUT2D eigenvalue weighted by Gasteiger charge is 2.34. The molecule has 1 unspecified atom stereocenters. The number of anilines is 1. The van der Waals surface area contributed by atoms with Crippen molar-refractivity contribution in [2.24, 2.45) is 0 Å². The van der Waals surface area contributed by atoms with Crippen molar-refractivity contribution in [3.8, 4) is 5.75 Å². The van der Waals surface area contributed by atoms with E-state index < -0.39 is 16.1 Å². The summed E-state index contributed by atoms with van der Waals surface area (Å²) in [5.41, 5.74) is 2.28. The molecule has 1 atom stereocenters. The number of ether oxygens (including phenoxy) is 1. The highest BCUT2D eigenvalue weighted by molar-refractivity contribution is 7.88. The number of carbonyl (C=O) groups is 1. The summed E-state index contributed by atoms with van der Waals surface area (Å²) in [6, 6.07) is 25.5. The van der Waals surface area contributed by atoms with Crippen LogP contribution in [0.2, 0.25) is 0 Å². The van der Waals surface area contributed by atoms with Crippen molar-refractivity contribution in [2.45, 2.75) is 11.8 Å². The Morgan fingerprint density at radius 3 is 2.21 bits per heavy atom. The summed E-state index contributed by atoms with van der Waals surface area (Å²) in [4.78, 5) is 15.4. The molecule has 1 saturated heterocycles. The Balaban J connectivity index is 1.48. The van der Waals surface area contributed by atoms with Gasteiger partial charge >= 0.3 is 0 Å². The molecule has 0 bridgehead atoms. The van der Waals surface area contributed by atoms with Crippen molar-refractivity contribution < 1.29 is 17.9 Å². The third-order valence-corrected chi connectivity index (χ3v) is 7.77. The van der Waals surface area contributed by atoms with Crippen molar-refractivity contribution in [1.82, 2.24) is 9.21 Å². The molecule has 0 aliphatic carbocycles. The number of benzene rings is 3. The smallest absolute Gasteiger partial charge is 0.246 e. The quantitative estimate of drug-likeness (QED) is 0.535. The second kappa shape index (κ2) is 10.8. The van der Waals surface area contributed by atoms with Gasteiger partial charge in [0, 0.05) is 37.9 Å². The molecule has 1 aliphatic rings. The van der Waals surface area contributed by atoms with E-state index in [-0.39, 0.29) is 11.7 Å². The van der Waals surface area contributed by atoms with Crippen molar-refractivity contribution in [3.05, 3.63) is 96.1 Å². The maximum absolute atomic E-state index is 13.4. The van der Waals surface area contributed by atoms with Gasteiger partial charge in [-0.3, -0.25) is 9.69 Å². The molecule has 0 radical (unpaired) electrons. The Labute approximate surface area is 201 Å². The van der Waals surface area contributed by atoms with Crippen LogP contribution in [0, 0.1) is 0 Å². The molecule has 3 aromatic carbocycles. The van der Waals surface area contributed by atoms with Gasteiger partial charge in [0.05, 0.1) is 12.9 Å². The molecule has 1 amide bonds. The molecular formula is C26H29N3O4S. The van der Waals surface area contributed by atoms with E-state index in [0.29, 0.717) is 37.6 Å². The standard InChI is InChI=1S/C26H29N3O4S/c1-33-24-14-8-13-23(19-24)27-26(30)25(22-11-6-3-7-12-22)28-15-17-29(18-16-28)34(31,32)20-21-9-4-2-5-10-21/h2-14,19,25H,15-18,20H2,1H3,(H,27,30). The number of amides is 1. The van der Waals surface area contributed by atoms with Gasteiger partial charge in [0.25, 0.3) is 0 Å². The molecule has 0 saturated carbocycles. The second-order valence-corrected chi connectivity index (χ2v) is 10.2. The van der Waals surface area contributed by atoms with Crippen LogP contribution in [0.25, 0.3) is 0 Å². The number of carbonyl (C=O) groups excluding carboxylic acids is 1. The lowest BCUT2D eigenvalue weighted by atomic mass is 10.0. The van der Waals surface area contributed by atoms with Crippen LogP contribution >= 0.6 is 0 Å². The molecule has 1 N–H and O–H groups in total. The fourth-order valence-corrected chi connectivity index (χ4v) is 5.71. The number of hydrogen-bond donors (Lipinski definition) is 1. The predicted octanol–water partition coefficient (Wildman–Crippen LogP) is 3.52. The van der Waals surface area contributed by atoms with Gasteiger partial charge in [0.1, 0.15) is 11.8 Å². The van der Waals surface area contributed by atoms with E-state index in [2.05, 4.69) is 5.32 Å². The molecule has 0 spiro atoms. The lowest BCUT2D eigenvalue weighted by molar-refractivity contribution is -0.122. The third kappa shape index (κ3) is 5.83. The summed E-state index contributed by atoms with van der Waals surface area (Å²) in [6.07, 6.45) is 0. The minimum absolute atomic E-state index is 0.0215. The van der Waals surface area contributed by atoms with Crippen molar-refractivity contribution in [2.75, 3.05) is 38.6 Å². The Hall–Kier alpha value is -3.20. The number of rotatable bonds is 8. The van der Waals surface area contributed by atoms with Crippen LogP contribution in [0.3, 0.4) is 0 Å². The molecule has 4 rings (SSSR count). The van der Waals surface area contributed by atoms with E-state index in [1.165, 1.54) is 4.31 Å². The van der Waals surface area contributed by atoms with Gasteiger partial charge in [0.15, 0.2) is 0 Å². The summed E-state index contributed by atoms with van der Waals surface area (Å²) in [6.45, 7) is 1.59. The van der Waals surface area contributed by atoms with E-state index >= 15 is 0 Å². The van der Waals surface area contributed by atoms with Gasteiger partial charge in [-0.1, -0.05) is 66.7 Å². The molecule has 1 fully saturated rings. The Morgan fingerprint density at radius 1 is 0.912 bits per heavy atom. The van der Waals surface area contributed by atoms with E-state index in [0.717, 1.165) is 11.1 Å². The number of methoxy groups -OCH3 is 1. The Bertz CT molecular complexity index is 1190. The first-order valence-electron chi connectivity index (χ1n) is 11.2. The van der Waals surface area contributed by atoms with E-state index in [9.17, 15) is 13.2 Å². The molecule has 7 nitrogen and oxygen atoms in total. The minimum Gasteiger partial charge on any atom is -0.497 e. The van der Waals surface area contributed by atoms with Gasteiger partial charge < -0.3 is 10.1 Å². The first-order chi connectivity index (χ1) is 16.5. The van der Waals surface area contributed by atoms with Crippen LogP contribution in [0.15, 0.2) is 84.9 Å². The molecule has 1 heterocycles. The van der Waals surface area contributed by atoms with Crippen LogP contribution in [-0.2, 0) is 20.6 Å². The zero-order chi connectivity index (χ0) is 24.0. The van der Waals surface area contributed by atoms with Crippen LogP contribution in [-0.4, -0.2) is 56.8 Å². The van der Waals surface area contributed by atoms with Gasteiger partial charge in [0.2, 0.25) is 15.9 Å². The number of hydrogen-bond acceptors (Lipinski definition) is 5. The average Bonchev–Trinajstić information content (AvgIpc) is 2.86. The van der Waals surface area contributed by atoms with Gasteiger partial charge in [-0.05, 0) is 23.3 Å². The summed E-state index contributed by atoms with van der Waals surface area (Å²) < 4.78 is 32.7. The van der Waals surface area contributed by atoms with Gasteiger partial charge in [-0.25, -0.2) is 8.42 Å². The third-order valence-electron chi connectivity index (χ3n) is 5.92. The summed E-state index contributed by atoms with van der Waals surface area (Å²) in [7, 11) is -1.85. The summed E-state index contributed by atoms with van der Waals surface area (Å²) >= 11 is 0. The fraction of sp³-hybridized carbons (Fsp3) is 0.269. The van der Waals surface area contributed by atoms with Crippen LogP contribution in [0.5, 0.6) is 5.75 Å². The van der Waals surface area contributed by atoms with Crippen LogP contribution < -0.4 is 10.1 Å². The van der Waals surface area contributed by atoms with Gasteiger partial charge in [-0.2, -0.15) is 4.31 Å². The maximum atomic E-state index is 13.4. The van der Waals surface area contributed by atoms with E-state index in [4.69, 9.17) is 4.74 Å². The molecule has 3 aromatic rings. The zero-order valence-electron chi connectivity index (χ0n) is 19.1. The lowest BCUT2D eigenvalue weighted by Gasteiger charge is -2.38. The van der Waals surface area contributed by atoms with E-state index in [1.54, 1.807) is 13.2 Å². The molecule has 178 valence electrons. The largest absolute Gasteiger partial charge is 0.497 e. The average molecular weight is 480 g/mol. The number of sulfonamides is 1. The first-order valence-corrected chi connectivity index (χ1v) is 12.8. The van der Waals surface area contributed by atoms with E-state index in [1.807, 2.05) is 83.8 Å². The highest BCUT2D eigenvalue weighted by Crippen LogP contribution is 2.26. The second-order valence-electron chi connectivity index (χ2n) is 8.21. The Kier molecular flexibility index (Phi) is 7.62. The lowest BCUT2D eigenvalue weighted by Crippen LogP contribution is -2.51. The molecule has 8 heteroatoms. The summed E-state index contributed by atoms with van der Waals surface area (Å²) in [5, 5.41) is 2.99. The van der Waals surface area contributed by atoms with Crippen LogP contribution in [0.1, 0.15) is 17.2 Å².